The molecule has 58 heavy (non-hydrogen) atoms. The molecule has 0 aliphatic rings. The average Bonchev–Trinajstić information content (AvgIpc) is 3.73. The van der Waals surface area contributed by atoms with Gasteiger partial charge < -0.3 is 30.2 Å². The summed E-state index contributed by atoms with van der Waals surface area (Å²) in [6.07, 6.45) is 1.51. The van der Waals surface area contributed by atoms with Crippen LogP contribution < -0.4 is 30.2 Å². The minimum atomic E-state index is -0.654. The van der Waals surface area contributed by atoms with Crippen molar-refractivity contribution in [3.63, 3.8) is 0 Å². The van der Waals surface area contributed by atoms with Crippen LogP contribution >= 0.6 is 23.1 Å². The first-order valence-corrected chi connectivity index (χ1v) is 19.8. The number of amides is 3. The smallest absolute Gasteiger partial charge is 0.272 e. The van der Waals surface area contributed by atoms with Crippen LogP contribution in [0.25, 0.3) is 28.1 Å². The number of aromatic nitrogens is 1. The van der Waals surface area contributed by atoms with Crippen LogP contribution in [0.2, 0.25) is 0 Å². The zero-order chi connectivity index (χ0) is 40.4. The molecule has 0 radical (unpaired) electrons. The number of fused-ring (bicyclic) bond motifs is 1. The highest BCUT2D eigenvalue weighted by Gasteiger charge is 2.24. The molecule has 7 rings (SSSR count). The molecule has 12 heteroatoms. The van der Waals surface area contributed by atoms with Gasteiger partial charge in [-0.05, 0) is 64.9 Å². The van der Waals surface area contributed by atoms with Crippen molar-refractivity contribution < 1.29 is 28.6 Å². The summed E-state index contributed by atoms with van der Waals surface area (Å²) < 4.78 is 16.5. The van der Waals surface area contributed by atoms with E-state index in [1.165, 1.54) is 50.5 Å². The number of rotatable bonds is 14. The third-order valence-electron chi connectivity index (χ3n) is 9.03. The molecule has 0 aliphatic heterocycles. The molecule has 3 amide bonds. The Hall–Kier alpha value is -6.89. The summed E-state index contributed by atoms with van der Waals surface area (Å²) >= 11 is 2.70. The highest BCUT2D eigenvalue weighted by molar-refractivity contribution is 8.00. The fraction of sp³-hybridized carbons (Fsp3) is 0.0870. The Bertz CT molecular complexity index is 2610. The zero-order valence-electron chi connectivity index (χ0n) is 31.7. The standard InChI is InChI=1S/C46H38N4O6S2/c1-54-39-27-41(56-3)40(55-2)25-34(39)24-37(48-43(51)31-16-8-5-9-17-31)44(52)47-35-19-12-20-36(26-35)58-42(30-14-6-4-7-15-30)45(53)50-46-49-38(28-57-46)33-22-21-29-13-10-11-18-32(29)23-33/h4-28,42H,1-3H3,(H,47,52)(H,48,51)(H,49,50,53)/b37-24+. The van der Waals surface area contributed by atoms with E-state index in [1.807, 2.05) is 60.0 Å². The van der Waals surface area contributed by atoms with Crippen LogP contribution in [0.1, 0.15) is 26.7 Å². The van der Waals surface area contributed by atoms with Gasteiger partial charge in [0, 0.05) is 38.7 Å². The number of thioether (sulfide) groups is 1. The van der Waals surface area contributed by atoms with E-state index in [0.29, 0.717) is 39.2 Å². The Morgan fingerprint density at radius 3 is 2.12 bits per heavy atom. The lowest BCUT2D eigenvalue weighted by atomic mass is 10.1. The maximum absolute atomic E-state index is 14.0. The molecule has 0 fully saturated rings. The summed E-state index contributed by atoms with van der Waals surface area (Å²) in [5, 5.41) is 12.7. The van der Waals surface area contributed by atoms with Crippen LogP contribution in [0.4, 0.5) is 10.8 Å². The van der Waals surface area contributed by atoms with E-state index in [4.69, 9.17) is 19.2 Å². The average molecular weight is 807 g/mol. The lowest BCUT2D eigenvalue weighted by Crippen LogP contribution is -2.30. The molecular formula is C46H38N4O6S2. The largest absolute Gasteiger partial charge is 0.496 e. The van der Waals surface area contributed by atoms with Gasteiger partial charge in [-0.25, -0.2) is 4.98 Å². The number of anilines is 2. The topological polar surface area (TPSA) is 128 Å². The van der Waals surface area contributed by atoms with Crippen molar-refractivity contribution in [2.75, 3.05) is 32.0 Å². The van der Waals surface area contributed by atoms with Crippen LogP contribution in [0, 0.1) is 0 Å². The van der Waals surface area contributed by atoms with Gasteiger partial charge in [-0.15, -0.1) is 23.1 Å². The number of ether oxygens (including phenoxy) is 3. The highest BCUT2D eigenvalue weighted by atomic mass is 32.2. The van der Waals surface area contributed by atoms with Gasteiger partial charge in [0.05, 0.1) is 27.0 Å². The molecular weight excluding hydrogens is 769 g/mol. The molecule has 0 bridgehead atoms. The first-order valence-electron chi connectivity index (χ1n) is 18.1. The Labute approximate surface area is 343 Å². The van der Waals surface area contributed by atoms with Crippen molar-refractivity contribution in [3.8, 4) is 28.5 Å². The Kier molecular flexibility index (Phi) is 12.5. The molecule has 3 N–H and O–H groups in total. The van der Waals surface area contributed by atoms with E-state index in [9.17, 15) is 14.4 Å². The normalized spacial score (nSPS) is 11.7. The minimum Gasteiger partial charge on any atom is -0.496 e. The number of benzene rings is 6. The molecule has 290 valence electrons. The summed E-state index contributed by atoms with van der Waals surface area (Å²) in [6.45, 7) is 0. The second-order valence-corrected chi connectivity index (χ2v) is 14.8. The third-order valence-corrected chi connectivity index (χ3v) is 11.0. The number of nitrogens with zero attached hydrogens (tertiary/aromatic N) is 1. The van der Waals surface area contributed by atoms with Gasteiger partial charge in [-0.1, -0.05) is 91.0 Å². The van der Waals surface area contributed by atoms with Gasteiger partial charge in [-0.2, -0.15) is 0 Å². The summed E-state index contributed by atoms with van der Waals surface area (Å²) in [7, 11) is 4.51. The van der Waals surface area contributed by atoms with Gasteiger partial charge >= 0.3 is 0 Å². The van der Waals surface area contributed by atoms with Gasteiger partial charge in [0.25, 0.3) is 11.8 Å². The van der Waals surface area contributed by atoms with Gasteiger partial charge in [0.2, 0.25) is 5.91 Å². The van der Waals surface area contributed by atoms with Crippen molar-refractivity contribution >= 4 is 68.5 Å². The molecule has 1 heterocycles. The molecule has 0 spiro atoms. The molecule has 7 aromatic rings. The molecule has 1 atom stereocenters. The summed E-state index contributed by atoms with van der Waals surface area (Å²) in [6, 6.07) is 42.8. The first-order chi connectivity index (χ1) is 28.3. The molecule has 6 aromatic carbocycles. The quantitative estimate of drug-likeness (QED) is 0.0733. The predicted octanol–water partition coefficient (Wildman–Crippen LogP) is 9.87. The molecule has 0 saturated heterocycles. The van der Waals surface area contributed by atoms with E-state index in [2.05, 4.69) is 40.2 Å². The van der Waals surface area contributed by atoms with Crippen LogP contribution in [0.15, 0.2) is 155 Å². The SMILES string of the molecule is COc1cc(OC)c(OC)cc1/C=C(/NC(=O)c1ccccc1)C(=O)Nc1cccc(SC(C(=O)Nc2nc(-c3ccc4ccccc4c3)cs2)c2ccccc2)c1. The van der Waals surface area contributed by atoms with Gasteiger partial charge in [0.15, 0.2) is 16.6 Å². The summed E-state index contributed by atoms with van der Waals surface area (Å²) in [4.78, 5) is 46.9. The lowest BCUT2D eigenvalue weighted by Gasteiger charge is -2.17. The third kappa shape index (κ3) is 9.38. The Morgan fingerprint density at radius 1 is 0.690 bits per heavy atom. The zero-order valence-corrected chi connectivity index (χ0v) is 33.4. The van der Waals surface area contributed by atoms with Gasteiger partial charge in [0.1, 0.15) is 16.7 Å². The highest BCUT2D eigenvalue weighted by Crippen LogP contribution is 2.39. The number of thiazole rings is 1. The number of carbonyl (C=O) groups excluding carboxylic acids is 3. The van der Waals surface area contributed by atoms with Crippen LogP contribution in [0.5, 0.6) is 17.2 Å². The Morgan fingerprint density at radius 2 is 1.38 bits per heavy atom. The van der Waals surface area contributed by atoms with E-state index < -0.39 is 17.1 Å². The van der Waals surface area contributed by atoms with Crippen molar-refractivity contribution in [3.05, 3.63) is 167 Å². The number of hydrogen-bond donors (Lipinski definition) is 3. The van der Waals surface area contributed by atoms with E-state index in [-0.39, 0.29) is 11.6 Å². The molecule has 1 unspecified atom stereocenters. The fourth-order valence-corrected chi connectivity index (χ4v) is 7.94. The van der Waals surface area contributed by atoms with E-state index in [0.717, 1.165) is 32.5 Å². The second-order valence-electron chi connectivity index (χ2n) is 12.8. The maximum atomic E-state index is 14.0. The van der Waals surface area contributed by atoms with E-state index >= 15 is 0 Å². The predicted molar refractivity (Wildman–Crippen MR) is 232 cm³/mol. The number of hydrogen-bond acceptors (Lipinski definition) is 9. The van der Waals surface area contributed by atoms with Crippen molar-refractivity contribution in [2.24, 2.45) is 0 Å². The van der Waals surface area contributed by atoms with Gasteiger partial charge in [-0.3, -0.25) is 14.4 Å². The number of nitrogens with one attached hydrogen (secondary N) is 3. The van der Waals surface area contributed by atoms with Crippen LogP contribution in [0.3, 0.4) is 0 Å². The lowest BCUT2D eigenvalue weighted by molar-refractivity contribution is -0.116. The first kappa shape index (κ1) is 39.3. The van der Waals surface area contributed by atoms with E-state index in [1.54, 1.807) is 60.7 Å². The molecule has 1 aromatic heterocycles. The number of carbonyl (C=O) groups is 3. The van der Waals surface area contributed by atoms with Crippen molar-refractivity contribution in [1.82, 2.24) is 10.3 Å². The van der Waals surface area contributed by atoms with Crippen LogP contribution in [-0.4, -0.2) is 44.0 Å². The maximum Gasteiger partial charge on any atom is 0.272 e. The molecule has 10 nitrogen and oxygen atoms in total. The summed E-state index contributed by atoms with van der Waals surface area (Å²) in [5.41, 5.74) is 3.76. The monoisotopic (exact) mass is 806 g/mol. The molecule has 0 aliphatic carbocycles. The summed E-state index contributed by atoms with van der Waals surface area (Å²) in [5.74, 6) is -0.0830. The van der Waals surface area contributed by atoms with Crippen molar-refractivity contribution in [1.29, 1.82) is 0 Å². The van der Waals surface area contributed by atoms with Crippen molar-refractivity contribution in [2.45, 2.75) is 10.1 Å². The minimum absolute atomic E-state index is 0.0505. The second kappa shape index (κ2) is 18.4. The number of methoxy groups -OCH3 is 3. The Balaban J connectivity index is 1.13. The van der Waals surface area contributed by atoms with Crippen LogP contribution in [-0.2, 0) is 9.59 Å². The molecule has 0 saturated carbocycles. The fourth-order valence-electron chi connectivity index (χ4n) is 6.13.